The van der Waals surface area contributed by atoms with Gasteiger partial charge in [-0.3, -0.25) is 0 Å². The first kappa shape index (κ1) is 11.9. The predicted molar refractivity (Wildman–Crippen MR) is 64.3 cm³/mol. The van der Waals surface area contributed by atoms with Crippen molar-refractivity contribution in [1.29, 1.82) is 0 Å². The fourth-order valence-corrected chi connectivity index (χ4v) is 2.26. The Kier molecular flexibility index (Phi) is 3.88. The van der Waals surface area contributed by atoms with Crippen LogP contribution in [0.1, 0.15) is 19.4 Å². The average Bonchev–Trinajstić information content (AvgIpc) is 2.02. The van der Waals surface area contributed by atoms with Crippen LogP contribution in [-0.4, -0.2) is 0 Å². The molecule has 1 aromatic carbocycles. The topological polar surface area (TPSA) is 0 Å². The van der Waals surface area contributed by atoms with Crippen LogP contribution < -0.4 is 0 Å². The second-order valence-electron chi connectivity index (χ2n) is 3.64. The van der Waals surface area contributed by atoms with E-state index in [-0.39, 0.29) is 9.91 Å². The first-order chi connectivity index (χ1) is 6.43. The van der Waals surface area contributed by atoms with E-state index in [1.165, 1.54) is 0 Å². The van der Waals surface area contributed by atoms with Crippen LogP contribution in [0.5, 0.6) is 0 Å². The van der Waals surface area contributed by atoms with Crippen LogP contribution in [0.4, 0.5) is 0 Å². The van der Waals surface area contributed by atoms with Gasteiger partial charge in [0.1, 0.15) is 4.49 Å². The van der Waals surface area contributed by atoms with E-state index >= 15 is 0 Å². The van der Waals surface area contributed by atoms with E-state index in [4.69, 9.17) is 34.8 Å². The third-order valence-corrected chi connectivity index (χ3v) is 2.59. The van der Waals surface area contributed by atoms with E-state index in [1.807, 2.05) is 38.1 Å². The Morgan fingerprint density at radius 2 is 1.79 bits per heavy atom. The van der Waals surface area contributed by atoms with E-state index in [2.05, 4.69) is 0 Å². The summed E-state index contributed by atoms with van der Waals surface area (Å²) >= 11 is 17.4. The molecule has 0 aliphatic carbocycles. The Morgan fingerprint density at radius 3 is 2.29 bits per heavy atom. The van der Waals surface area contributed by atoms with Crippen molar-refractivity contribution in [2.75, 3.05) is 0 Å². The van der Waals surface area contributed by atoms with Gasteiger partial charge in [-0.05, 0) is 17.7 Å². The summed E-state index contributed by atoms with van der Waals surface area (Å²) in [6, 6.07) is 7.66. The number of allylic oxidation sites excluding steroid dienone is 1. The summed E-state index contributed by atoms with van der Waals surface area (Å²) in [7, 11) is 0. The van der Waals surface area contributed by atoms with Gasteiger partial charge in [0.15, 0.2) is 0 Å². The number of hydrogen-bond acceptors (Lipinski definition) is 0. The first-order valence-electron chi connectivity index (χ1n) is 4.22. The van der Waals surface area contributed by atoms with Gasteiger partial charge in [-0.1, -0.05) is 66.8 Å². The van der Waals surface area contributed by atoms with Crippen molar-refractivity contribution < 1.29 is 0 Å². The van der Waals surface area contributed by atoms with E-state index in [9.17, 15) is 0 Å². The highest BCUT2D eigenvalue weighted by Gasteiger charge is 2.20. The minimum Gasteiger partial charge on any atom is -0.0840 e. The minimum atomic E-state index is -0.253. The molecule has 1 rings (SSSR count). The molecule has 76 valence electrons. The van der Waals surface area contributed by atoms with Crippen molar-refractivity contribution in [1.82, 2.24) is 0 Å². The minimum absolute atomic E-state index is 0.253. The molecule has 3 heteroatoms. The molecule has 0 unspecified atom stereocenters. The average molecular weight is 250 g/mol. The molecule has 0 aromatic heterocycles. The highest BCUT2D eigenvalue weighted by atomic mass is 35.5. The normalized spacial score (nSPS) is 11.2. The Labute approximate surface area is 99.5 Å². The van der Waals surface area contributed by atoms with Gasteiger partial charge in [0.25, 0.3) is 0 Å². The zero-order valence-electron chi connectivity index (χ0n) is 8.02. The maximum atomic E-state index is 6.08. The predicted octanol–water partition coefficient (Wildman–Crippen LogP) is 4.94. The summed E-state index contributed by atoms with van der Waals surface area (Å²) in [4.78, 5) is 0. The van der Waals surface area contributed by atoms with E-state index in [0.717, 1.165) is 10.6 Å². The molecular formula is C11H11Cl3. The number of hydrogen-bond donors (Lipinski definition) is 0. The fraction of sp³-hybridized carbons (Fsp3) is 0.273. The molecule has 0 atom stereocenters. The van der Waals surface area contributed by atoms with Crippen LogP contribution in [-0.2, 0) is 5.41 Å². The lowest BCUT2D eigenvalue weighted by Gasteiger charge is -2.22. The maximum Gasteiger partial charge on any atom is 0.103 e. The van der Waals surface area contributed by atoms with Gasteiger partial charge >= 0.3 is 0 Å². The first-order valence-corrected chi connectivity index (χ1v) is 5.36. The van der Waals surface area contributed by atoms with Gasteiger partial charge in [0, 0.05) is 10.4 Å². The zero-order chi connectivity index (χ0) is 10.8. The Balaban J connectivity index is 3.16. The molecule has 14 heavy (non-hydrogen) atoms. The van der Waals surface area contributed by atoms with Gasteiger partial charge < -0.3 is 0 Å². The molecule has 0 bridgehead atoms. The van der Waals surface area contributed by atoms with Gasteiger partial charge in [-0.2, -0.15) is 0 Å². The fourth-order valence-electron chi connectivity index (χ4n) is 1.33. The Hall–Kier alpha value is -0.170. The van der Waals surface area contributed by atoms with Gasteiger partial charge in [0.05, 0.1) is 0 Å². The largest absolute Gasteiger partial charge is 0.103 e. The van der Waals surface area contributed by atoms with E-state index in [1.54, 1.807) is 6.08 Å². The lowest BCUT2D eigenvalue weighted by atomic mass is 9.85. The molecule has 0 spiro atoms. The van der Waals surface area contributed by atoms with Crippen molar-refractivity contribution in [3.8, 4) is 0 Å². The second kappa shape index (κ2) is 4.57. The lowest BCUT2D eigenvalue weighted by Crippen LogP contribution is -2.14. The Morgan fingerprint density at radius 1 is 1.21 bits per heavy atom. The van der Waals surface area contributed by atoms with Crippen molar-refractivity contribution in [2.45, 2.75) is 19.3 Å². The summed E-state index contributed by atoms with van der Waals surface area (Å²) in [6.45, 7) is 4.03. The van der Waals surface area contributed by atoms with Crippen molar-refractivity contribution in [2.24, 2.45) is 0 Å². The monoisotopic (exact) mass is 248 g/mol. The standard InChI is InChI=1S/C11H11Cl3/c1-11(2,7-10(13)14)8-5-3-4-6-9(8)12/h3-7H,1-2H3. The molecular weight excluding hydrogens is 238 g/mol. The van der Waals surface area contributed by atoms with Crippen LogP contribution in [0.15, 0.2) is 34.8 Å². The SMILES string of the molecule is CC(C)(C=C(Cl)Cl)c1ccccc1Cl. The van der Waals surface area contributed by atoms with Gasteiger partial charge in [-0.25, -0.2) is 0 Å². The number of rotatable bonds is 2. The zero-order valence-corrected chi connectivity index (χ0v) is 10.3. The molecule has 0 saturated heterocycles. The molecule has 0 saturated carbocycles. The smallest absolute Gasteiger partial charge is 0.0840 e. The van der Waals surface area contributed by atoms with Crippen LogP contribution in [0.3, 0.4) is 0 Å². The van der Waals surface area contributed by atoms with Crippen molar-refractivity contribution in [3.05, 3.63) is 45.4 Å². The Bertz CT molecular complexity index is 349. The van der Waals surface area contributed by atoms with Crippen LogP contribution in [0, 0.1) is 0 Å². The highest BCUT2D eigenvalue weighted by molar-refractivity contribution is 6.55. The van der Waals surface area contributed by atoms with Crippen molar-refractivity contribution >= 4 is 34.8 Å². The van der Waals surface area contributed by atoms with Crippen LogP contribution >= 0.6 is 34.8 Å². The summed E-state index contributed by atoms with van der Waals surface area (Å²) in [5.41, 5.74) is 0.762. The molecule has 0 heterocycles. The summed E-state index contributed by atoms with van der Waals surface area (Å²) in [5, 5.41) is 0.725. The summed E-state index contributed by atoms with van der Waals surface area (Å²) < 4.78 is 0.259. The van der Waals surface area contributed by atoms with Gasteiger partial charge in [0.2, 0.25) is 0 Å². The molecule has 0 amide bonds. The van der Waals surface area contributed by atoms with Gasteiger partial charge in [-0.15, -0.1) is 0 Å². The number of benzene rings is 1. The molecule has 0 radical (unpaired) electrons. The molecule has 1 aromatic rings. The van der Waals surface area contributed by atoms with E-state index in [0.29, 0.717) is 0 Å². The second-order valence-corrected chi connectivity index (χ2v) is 5.05. The van der Waals surface area contributed by atoms with Crippen LogP contribution in [0.25, 0.3) is 0 Å². The molecule has 0 fully saturated rings. The third kappa shape index (κ3) is 2.91. The highest BCUT2D eigenvalue weighted by Crippen LogP contribution is 2.32. The quantitative estimate of drug-likeness (QED) is 0.697. The third-order valence-electron chi connectivity index (χ3n) is 2.04. The molecule has 0 nitrogen and oxygen atoms in total. The molecule has 0 N–H and O–H groups in total. The summed E-state index contributed by atoms with van der Waals surface area (Å²) in [5.74, 6) is 0. The lowest BCUT2D eigenvalue weighted by molar-refractivity contribution is 0.670. The maximum absolute atomic E-state index is 6.08. The number of halogens is 3. The van der Waals surface area contributed by atoms with Crippen LogP contribution in [0.2, 0.25) is 5.02 Å². The molecule has 0 aliphatic rings. The summed E-state index contributed by atoms with van der Waals surface area (Å²) in [6.07, 6.45) is 1.78. The molecule has 0 aliphatic heterocycles. The van der Waals surface area contributed by atoms with Crippen molar-refractivity contribution in [3.63, 3.8) is 0 Å². The van der Waals surface area contributed by atoms with E-state index < -0.39 is 0 Å².